The number of para-hydroxylation sites is 1. The topological polar surface area (TPSA) is 93.2 Å². The van der Waals surface area contributed by atoms with Crippen molar-refractivity contribution < 1.29 is 9.90 Å². The highest BCUT2D eigenvalue weighted by molar-refractivity contribution is 5.76. The lowest BCUT2D eigenvalue weighted by molar-refractivity contribution is -0.137. The highest BCUT2D eigenvalue weighted by Crippen LogP contribution is 2.50. The van der Waals surface area contributed by atoms with Crippen LogP contribution in [0, 0.1) is 24.7 Å². The summed E-state index contributed by atoms with van der Waals surface area (Å²) in [5, 5.41) is 11.3. The number of amides is 1. The van der Waals surface area contributed by atoms with Gasteiger partial charge in [-0.1, -0.05) is 18.2 Å². The van der Waals surface area contributed by atoms with Gasteiger partial charge in [0.2, 0.25) is 5.91 Å². The number of aryl methyl sites for hydroxylation is 1. The number of carbonyl (C=O) groups is 1. The monoisotopic (exact) mass is 475 g/mol. The van der Waals surface area contributed by atoms with E-state index >= 15 is 0 Å². The summed E-state index contributed by atoms with van der Waals surface area (Å²) >= 11 is 0. The molecular formula is C27H33N5O3. The van der Waals surface area contributed by atoms with Gasteiger partial charge in [0.05, 0.1) is 12.1 Å². The minimum absolute atomic E-state index is 0.154. The Bertz CT molecular complexity index is 1290. The number of rotatable bonds is 7. The van der Waals surface area contributed by atoms with E-state index in [0.717, 1.165) is 17.5 Å². The lowest BCUT2D eigenvalue weighted by Gasteiger charge is -2.38. The van der Waals surface area contributed by atoms with Gasteiger partial charge in [0.1, 0.15) is 12.2 Å². The van der Waals surface area contributed by atoms with Gasteiger partial charge in [-0.15, -0.1) is 0 Å². The van der Waals surface area contributed by atoms with Crippen LogP contribution in [0.25, 0.3) is 16.9 Å². The van der Waals surface area contributed by atoms with Crippen LogP contribution in [0.3, 0.4) is 0 Å². The van der Waals surface area contributed by atoms with Crippen LogP contribution >= 0.6 is 0 Å². The third-order valence-electron chi connectivity index (χ3n) is 8.19. The molecule has 1 aromatic carbocycles. The Morgan fingerprint density at radius 2 is 1.77 bits per heavy atom. The summed E-state index contributed by atoms with van der Waals surface area (Å²) in [6.07, 6.45) is 8.22. The van der Waals surface area contributed by atoms with Crippen LogP contribution in [0.4, 0.5) is 0 Å². The van der Waals surface area contributed by atoms with Crippen LogP contribution in [-0.4, -0.2) is 53.7 Å². The van der Waals surface area contributed by atoms with Gasteiger partial charge >= 0.3 is 0 Å². The molecule has 2 saturated carbocycles. The quantitative estimate of drug-likeness (QED) is 0.567. The number of imidazole rings is 1. The molecule has 1 saturated heterocycles. The fourth-order valence-corrected chi connectivity index (χ4v) is 5.84. The Balaban J connectivity index is 1.15. The van der Waals surface area contributed by atoms with Crippen molar-refractivity contribution >= 4 is 17.1 Å². The summed E-state index contributed by atoms with van der Waals surface area (Å²) in [5.41, 5.74) is 0.425. The molecule has 1 aliphatic heterocycles. The summed E-state index contributed by atoms with van der Waals surface area (Å²) < 4.78 is 3.34. The molecular weight excluding hydrogens is 442 g/mol. The van der Waals surface area contributed by atoms with E-state index in [1.807, 2.05) is 46.7 Å². The zero-order valence-corrected chi connectivity index (χ0v) is 20.3. The highest BCUT2D eigenvalue weighted by atomic mass is 16.3. The van der Waals surface area contributed by atoms with E-state index in [1.54, 1.807) is 0 Å². The standard InChI is InChI=1S/C27H33N5O3/c1-18-29-24-25(32(18)21-5-3-2-4-6-21)28-17-31(26(24)34)16-27(35)11-13-30(14-12-27)23(33)15-22(19-7-8-19)20-9-10-20/h2-6,17,19-20,22,35H,7-16H2,1H3. The van der Waals surface area contributed by atoms with Gasteiger partial charge in [-0.2, -0.15) is 0 Å². The fourth-order valence-electron chi connectivity index (χ4n) is 5.84. The molecule has 1 N–H and O–H groups in total. The maximum atomic E-state index is 13.2. The molecule has 0 unspecified atom stereocenters. The number of nitrogens with zero attached hydrogens (tertiary/aromatic N) is 5. The van der Waals surface area contributed by atoms with Crippen molar-refractivity contribution in [1.82, 2.24) is 24.0 Å². The van der Waals surface area contributed by atoms with Crippen LogP contribution in [-0.2, 0) is 11.3 Å². The molecule has 0 bridgehead atoms. The number of hydrogen-bond donors (Lipinski definition) is 1. The van der Waals surface area contributed by atoms with E-state index in [-0.39, 0.29) is 18.0 Å². The summed E-state index contributed by atoms with van der Waals surface area (Å²) in [6.45, 7) is 3.07. The van der Waals surface area contributed by atoms with Crippen molar-refractivity contribution in [2.24, 2.45) is 17.8 Å². The molecule has 3 fully saturated rings. The molecule has 3 aliphatic rings. The average molecular weight is 476 g/mol. The molecule has 3 aromatic rings. The first-order valence-corrected chi connectivity index (χ1v) is 12.9. The van der Waals surface area contributed by atoms with Gasteiger partial charge in [-0.3, -0.25) is 18.7 Å². The largest absolute Gasteiger partial charge is 0.388 e. The molecule has 6 rings (SSSR count). The first-order chi connectivity index (χ1) is 16.9. The predicted octanol–water partition coefficient (Wildman–Crippen LogP) is 3.07. The molecule has 35 heavy (non-hydrogen) atoms. The van der Waals surface area contributed by atoms with Crippen molar-refractivity contribution in [3.8, 4) is 5.69 Å². The van der Waals surface area contributed by atoms with Crippen LogP contribution in [0.5, 0.6) is 0 Å². The number of benzene rings is 1. The predicted molar refractivity (Wildman–Crippen MR) is 132 cm³/mol. The SMILES string of the molecule is Cc1nc2c(=O)n(CC3(O)CCN(C(=O)CC(C4CC4)C4CC4)CC3)cnc2n1-c1ccccc1. The van der Waals surface area contributed by atoms with Gasteiger partial charge in [0, 0.05) is 25.2 Å². The Labute approximate surface area is 204 Å². The van der Waals surface area contributed by atoms with E-state index in [4.69, 9.17) is 0 Å². The Morgan fingerprint density at radius 1 is 1.11 bits per heavy atom. The minimum Gasteiger partial charge on any atom is -0.388 e. The van der Waals surface area contributed by atoms with Crippen molar-refractivity contribution in [2.75, 3.05) is 13.1 Å². The minimum atomic E-state index is -1.04. The molecule has 0 radical (unpaired) electrons. The summed E-state index contributed by atoms with van der Waals surface area (Å²) in [5.74, 6) is 3.01. The molecule has 8 heteroatoms. The van der Waals surface area contributed by atoms with Crippen LogP contribution in [0.2, 0.25) is 0 Å². The van der Waals surface area contributed by atoms with E-state index in [0.29, 0.717) is 55.3 Å². The number of likely N-dealkylation sites (tertiary alicyclic amines) is 1. The molecule has 1 amide bonds. The second-order valence-electron chi connectivity index (χ2n) is 10.8. The molecule has 0 spiro atoms. The fraction of sp³-hybridized carbons (Fsp3) is 0.556. The molecule has 2 aliphatic carbocycles. The van der Waals surface area contributed by atoms with Crippen LogP contribution in [0.15, 0.2) is 41.5 Å². The van der Waals surface area contributed by atoms with Crippen molar-refractivity contribution in [1.29, 1.82) is 0 Å². The summed E-state index contributed by atoms with van der Waals surface area (Å²) in [7, 11) is 0. The maximum Gasteiger partial charge on any atom is 0.281 e. The molecule has 2 aromatic heterocycles. The van der Waals surface area contributed by atoms with Gasteiger partial charge in [0.15, 0.2) is 11.2 Å². The highest BCUT2D eigenvalue weighted by Gasteiger charge is 2.43. The third-order valence-corrected chi connectivity index (χ3v) is 8.19. The number of piperidine rings is 1. The number of aromatic nitrogens is 4. The Morgan fingerprint density at radius 3 is 2.40 bits per heavy atom. The first-order valence-electron chi connectivity index (χ1n) is 12.9. The molecule has 0 atom stereocenters. The van der Waals surface area contributed by atoms with Crippen molar-refractivity contribution in [2.45, 2.75) is 64.0 Å². The van der Waals surface area contributed by atoms with Crippen LogP contribution in [0.1, 0.15) is 50.8 Å². The van der Waals surface area contributed by atoms with E-state index < -0.39 is 5.60 Å². The second-order valence-corrected chi connectivity index (χ2v) is 10.8. The zero-order chi connectivity index (χ0) is 24.2. The van der Waals surface area contributed by atoms with Gasteiger partial charge in [-0.05, 0) is 75.3 Å². The summed E-state index contributed by atoms with van der Waals surface area (Å²) in [4.78, 5) is 37.2. The number of fused-ring (bicyclic) bond motifs is 1. The van der Waals surface area contributed by atoms with Crippen LogP contribution < -0.4 is 5.56 Å². The molecule has 8 nitrogen and oxygen atoms in total. The second kappa shape index (κ2) is 8.59. The summed E-state index contributed by atoms with van der Waals surface area (Å²) in [6, 6.07) is 9.72. The van der Waals surface area contributed by atoms with E-state index in [1.165, 1.54) is 36.6 Å². The zero-order valence-electron chi connectivity index (χ0n) is 20.3. The van der Waals surface area contributed by atoms with Crippen molar-refractivity contribution in [3.63, 3.8) is 0 Å². The number of hydrogen-bond acceptors (Lipinski definition) is 5. The van der Waals surface area contributed by atoms with Gasteiger partial charge in [-0.25, -0.2) is 9.97 Å². The van der Waals surface area contributed by atoms with E-state index in [9.17, 15) is 14.7 Å². The number of carbonyl (C=O) groups excluding carboxylic acids is 1. The van der Waals surface area contributed by atoms with Gasteiger partial charge in [0.25, 0.3) is 5.56 Å². The molecule has 184 valence electrons. The maximum absolute atomic E-state index is 13.2. The Kier molecular flexibility index (Phi) is 5.51. The van der Waals surface area contributed by atoms with Gasteiger partial charge < -0.3 is 10.0 Å². The first kappa shape index (κ1) is 22.5. The van der Waals surface area contributed by atoms with E-state index in [2.05, 4.69) is 9.97 Å². The lowest BCUT2D eigenvalue weighted by Crippen LogP contribution is -2.50. The normalized spacial score (nSPS) is 20.0. The molecule has 3 heterocycles. The lowest BCUT2D eigenvalue weighted by atomic mass is 9.89. The third kappa shape index (κ3) is 4.40. The Hall–Kier alpha value is -3.00. The average Bonchev–Trinajstić information content (AvgIpc) is 3.78. The van der Waals surface area contributed by atoms with Crippen molar-refractivity contribution in [3.05, 3.63) is 52.8 Å². The smallest absolute Gasteiger partial charge is 0.281 e. The number of aliphatic hydroxyl groups is 1.